The van der Waals surface area contributed by atoms with Gasteiger partial charge in [0.2, 0.25) is 6.79 Å². The smallest absolute Gasteiger partial charge is 0.231 e. The van der Waals surface area contributed by atoms with Crippen molar-refractivity contribution in [1.29, 1.82) is 5.26 Å². The van der Waals surface area contributed by atoms with Crippen LogP contribution in [-0.2, 0) is 0 Å². The summed E-state index contributed by atoms with van der Waals surface area (Å²) in [5.74, 6) is 2.18. The van der Waals surface area contributed by atoms with Gasteiger partial charge in [-0.25, -0.2) is 0 Å². The van der Waals surface area contributed by atoms with Crippen LogP contribution in [0.1, 0.15) is 33.1 Å². The van der Waals surface area contributed by atoms with Gasteiger partial charge >= 0.3 is 0 Å². The van der Waals surface area contributed by atoms with Crippen molar-refractivity contribution in [3.8, 4) is 23.3 Å². The van der Waals surface area contributed by atoms with Gasteiger partial charge in [-0.2, -0.15) is 5.26 Å². The molecule has 0 aromatic heterocycles. The van der Waals surface area contributed by atoms with Crippen LogP contribution >= 0.6 is 0 Å². The van der Waals surface area contributed by atoms with Crippen molar-refractivity contribution in [2.75, 3.05) is 6.79 Å². The van der Waals surface area contributed by atoms with Gasteiger partial charge < -0.3 is 14.2 Å². The summed E-state index contributed by atoms with van der Waals surface area (Å²) >= 11 is 0. The average Bonchev–Trinajstić information content (AvgIpc) is 3.12. The van der Waals surface area contributed by atoms with Gasteiger partial charge in [-0.05, 0) is 38.8 Å². The van der Waals surface area contributed by atoms with E-state index in [-0.39, 0.29) is 12.9 Å². The monoisotopic (exact) mass is 288 g/mol. The van der Waals surface area contributed by atoms with E-state index in [0.717, 1.165) is 24.3 Å². The summed E-state index contributed by atoms with van der Waals surface area (Å²) in [7, 11) is 0. The number of nitrogens with one attached hydrogen (secondary N) is 1. The van der Waals surface area contributed by atoms with Gasteiger partial charge in [0.1, 0.15) is 11.3 Å². The fraction of sp³-hybridized carbons (Fsp3) is 0.562. The highest BCUT2D eigenvalue weighted by atomic mass is 16.7. The van der Waals surface area contributed by atoms with E-state index in [1.54, 1.807) is 0 Å². The largest absolute Gasteiger partial charge is 0.490 e. The highest BCUT2D eigenvalue weighted by Crippen LogP contribution is 2.35. The van der Waals surface area contributed by atoms with E-state index in [1.165, 1.54) is 0 Å². The molecule has 1 fully saturated rings. The molecule has 0 amide bonds. The molecular weight excluding hydrogens is 268 g/mol. The van der Waals surface area contributed by atoms with Gasteiger partial charge in [-0.15, -0.1) is 0 Å². The standard InChI is InChI=1S/C16H20N2O3/c1-11(8-16(2,9-17)18-12-3-4-12)21-13-5-6-14-15(7-13)20-10-19-14/h5-7,11-12,18H,3-4,8,10H2,1-2H3. The van der Waals surface area contributed by atoms with E-state index in [2.05, 4.69) is 11.4 Å². The number of fused-ring (bicyclic) bond motifs is 1. The molecule has 1 aromatic carbocycles. The molecule has 1 N–H and O–H groups in total. The SMILES string of the molecule is CC(CC(C)(C#N)NC1CC1)Oc1ccc2c(c1)OCO2. The van der Waals surface area contributed by atoms with Gasteiger partial charge in [-0.1, -0.05) is 0 Å². The first kappa shape index (κ1) is 14.0. The first-order valence-corrected chi connectivity index (χ1v) is 7.33. The minimum Gasteiger partial charge on any atom is -0.490 e. The Kier molecular flexibility index (Phi) is 3.64. The minimum absolute atomic E-state index is 0.0683. The Bertz CT molecular complexity index is 565. The third kappa shape index (κ3) is 3.40. The molecule has 3 rings (SSSR count). The van der Waals surface area contributed by atoms with Crippen molar-refractivity contribution in [1.82, 2.24) is 5.32 Å². The molecular formula is C16H20N2O3. The van der Waals surface area contributed by atoms with Gasteiger partial charge in [0.25, 0.3) is 0 Å². The van der Waals surface area contributed by atoms with Crippen molar-refractivity contribution in [2.24, 2.45) is 0 Å². The Morgan fingerprint density at radius 2 is 2.19 bits per heavy atom. The third-order valence-corrected chi connectivity index (χ3v) is 3.72. The van der Waals surface area contributed by atoms with Crippen LogP contribution in [0.4, 0.5) is 0 Å². The van der Waals surface area contributed by atoms with Crippen molar-refractivity contribution in [3.63, 3.8) is 0 Å². The van der Waals surface area contributed by atoms with Crippen LogP contribution in [0, 0.1) is 11.3 Å². The zero-order chi connectivity index (χ0) is 14.9. The number of nitriles is 1. The van der Waals surface area contributed by atoms with Crippen molar-refractivity contribution >= 4 is 0 Å². The predicted molar refractivity (Wildman–Crippen MR) is 77.4 cm³/mol. The Morgan fingerprint density at radius 3 is 2.90 bits per heavy atom. The van der Waals surface area contributed by atoms with E-state index < -0.39 is 5.54 Å². The first-order valence-electron chi connectivity index (χ1n) is 7.33. The van der Waals surface area contributed by atoms with Crippen LogP contribution < -0.4 is 19.5 Å². The Balaban J connectivity index is 1.60. The zero-order valence-electron chi connectivity index (χ0n) is 12.4. The van der Waals surface area contributed by atoms with Crippen LogP contribution in [0.2, 0.25) is 0 Å². The summed E-state index contributed by atoms with van der Waals surface area (Å²) in [6.07, 6.45) is 2.89. The maximum atomic E-state index is 9.40. The fourth-order valence-electron chi connectivity index (χ4n) is 2.61. The maximum Gasteiger partial charge on any atom is 0.231 e. The lowest BCUT2D eigenvalue weighted by atomic mass is 9.96. The summed E-state index contributed by atoms with van der Waals surface area (Å²) in [4.78, 5) is 0. The highest BCUT2D eigenvalue weighted by Gasteiger charge is 2.34. The van der Waals surface area contributed by atoms with E-state index in [1.807, 2.05) is 32.0 Å². The molecule has 0 spiro atoms. The molecule has 0 bridgehead atoms. The van der Waals surface area contributed by atoms with E-state index >= 15 is 0 Å². The maximum absolute atomic E-state index is 9.40. The lowest BCUT2D eigenvalue weighted by Gasteiger charge is -2.27. The second-order valence-corrected chi connectivity index (χ2v) is 6.01. The summed E-state index contributed by atoms with van der Waals surface area (Å²) in [5.41, 5.74) is -0.545. The number of rotatable bonds is 6. The molecule has 112 valence electrons. The lowest BCUT2D eigenvalue weighted by molar-refractivity contribution is 0.171. The normalized spacial score (nSPS) is 20.4. The Hall–Kier alpha value is -1.93. The molecule has 0 saturated heterocycles. The van der Waals surface area contributed by atoms with Crippen LogP contribution in [-0.4, -0.2) is 24.5 Å². The molecule has 2 aliphatic rings. The Labute approximate surface area is 124 Å². The molecule has 1 saturated carbocycles. The number of hydrogen-bond acceptors (Lipinski definition) is 5. The minimum atomic E-state index is -0.545. The predicted octanol–water partition coefficient (Wildman–Crippen LogP) is 2.61. The fourth-order valence-corrected chi connectivity index (χ4v) is 2.61. The molecule has 0 radical (unpaired) electrons. The third-order valence-electron chi connectivity index (χ3n) is 3.72. The average molecular weight is 288 g/mol. The number of nitrogens with zero attached hydrogens (tertiary/aromatic N) is 1. The van der Waals surface area contributed by atoms with Gasteiger partial charge in [0, 0.05) is 18.5 Å². The molecule has 5 heteroatoms. The van der Waals surface area contributed by atoms with Crippen LogP contribution in [0.25, 0.3) is 0 Å². The number of benzene rings is 1. The van der Waals surface area contributed by atoms with Crippen LogP contribution in [0.5, 0.6) is 17.2 Å². The van der Waals surface area contributed by atoms with E-state index in [9.17, 15) is 5.26 Å². The summed E-state index contributed by atoms with van der Waals surface area (Å²) < 4.78 is 16.5. The topological polar surface area (TPSA) is 63.5 Å². The Morgan fingerprint density at radius 1 is 1.43 bits per heavy atom. The molecule has 1 aromatic rings. The van der Waals surface area contributed by atoms with E-state index in [0.29, 0.717) is 18.2 Å². The van der Waals surface area contributed by atoms with Crippen LogP contribution in [0.3, 0.4) is 0 Å². The van der Waals surface area contributed by atoms with Gasteiger partial charge in [0.05, 0.1) is 12.2 Å². The quantitative estimate of drug-likeness (QED) is 0.871. The zero-order valence-corrected chi connectivity index (χ0v) is 12.4. The van der Waals surface area contributed by atoms with Gasteiger partial charge in [0.15, 0.2) is 11.5 Å². The molecule has 2 atom stereocenters. The van der Waals surface area contributed by atoms with E-state index in [4.69, 9.17) is 14.2 Å². The summed E-state index contributed by atoms with van der Waals surface area (Å²) in [5, 5.41) is 12.8. The molecule has 5 nitrogen and oxygen atoms in total. The second-order valence-electron chi connectivity index (χ2n) is 6.01. The molecule has 1 heterocycles. The molecule has 1 aliphatic heterocycles. The highest BCUT2D eigenvalue weighted by molar-refractivity contribution is 5.46. The van der Waals surface area contributed by atoms with Crippen molar-refractivity contribution < 1.29 is 14.2 Å². The summed E-state index contributed by atoms with van der Waals surface area (Å²) in [6.45, 7) is 4.17. The van der Waals surface area contributed by atoms with Crippen molar-refractivity contribution in [3.05, 3.63) is 18.2 Å². The molecule has 2 unspecified atom stereocenters. The van der Waals surface area contributed by atoms with Crippen molar-refractivity contribution in [2.45, 2.75) is 50.8 Å². The number of hydrogen-bond donors (Lipinski definition) is 1. The summed E-state index contributed by atoms with van der Waals surface area (Å²) in [6, 6.07) is 8.40. The lowest BCUT2D eigenvalue weighted by Crippen LogP contribution is -2.45. The molecule has 1 aliphatic carbocycles. The van der Waals surface area contributed by atoms with Gasteiger partial charge in [-0.3, -0.25) is 5.32 Å². The number of ether oxygens (including phenoxy) is 3. The molecule has 21 heavy (non-hydrogen) atoms. The second kappa shape index (κ2) is 5.45. The van der Waals surface area contributed by atoms with Crippen LogP contribution in [0.15, 0.2) is 18.2 Å². The first-order chi connectivity index (χ1) is 10.1.